The lowest BCUT2D eigenvalue weighted by molar-refractivity contribution is -0.132. The highest BCUT2D eigenvalue weighted by molar-refractivity contribution is 6.51. The van der Waals surface area contributed by atoms with Crippen molar-refractivity contribution in [2.24, 2.45) is 0 Å². The zero-order chi connectivity index (χ0) is 27.0. The first-order chi connectivity index (χ1) is 17.5. The van der Waals surface area contributed by atoms with E-state index in [0.717, 1.165) is 16.7 Å². The van der Waals surface area contributed by atoms with E-state index >= 15 is 0 Å². The molecule has 1 atom stereocenters. The molecule has 0 bridgehead atoms. The van der Waals surface area contributed by atoms with Crippen LogP contribution in [0, 0.1) is 27.7 Å². The molecule has 0 saturated carbocycles. The molecule has 1 saturated heterocycles. The Kier molecular flexibility index (Phi) is 6.90. The fraction of sp³-hybridized carbons (Fsp3) is 0.233. The number of ether oxygens (including phenoxy) is 2. The second-order valence-corrected chi connectivity index (χ2v) is 9.24. The summed E-state index contributed by atoms with van der Waals surface area (Å²) in [7, 11) is 1.57. The Labute approximate surface area is 215 Å². The number of aliphatic hydroxyl groups excluding tert-OH is 1. The van der Waals surface area contributed by atoms with Gasteiger partial charge in [0.15, 0.2) is 0 Å². The van der Waals surface area contributed by atoms with Crippen LogP contribution in [-0.4, -0.2) is 29.9 Å². The lowest BCUT2D eigenvalue weighted by Gasteiger charge is -2.26. The zero-order valence-electron chi connectivity index (χ0n) is 21.7. The van der Waals surface area contributed by atoms with Crippen molar-refractivity contribution < 1.29 is 29.0 Å². The Morgan fingerprint density at radius 2 is 1.54 bits per heavy atom. The summed E-state index contributed by atoms with van der Waals surface area (Å²) in [5, 5.41) is 11.5. The number of hydrogen-bond donors (Lipinski definition) is 1. The van der Waals surface area contributed by atoms with E-state index in [4.69, 9.17) is 9.47 Å². The van der Waals surface area contributed by atoms with Crippen molar-refractivity contribution in [1.29, 1.82) is 0 Å². The number of nitrogens with zero attached hydrogens (tertiary/aromatic N) is 1. The Morgan fingerprint density at radius 1 is 0.865 bits per heavy atom. The fourth-order valence-electron chi connectivity index (χ4n) is 4.58. The highest BCUT2D eigenvalue weighted by Crippen LogP contribution is 2.43. The van der Waals surface area contributed by atoms with Crippen LogP contribution in [0.15, 0.2) is 60.2 Å². The van der Waals surface area contributed by atoms with Crippen molar-refractivity contribution >= 4 is 29.1 Å². The average molecular weight is 500 g/mol. The fourth-order valence-corrected chi connectivity index (χ4v) is 4.58. The molecule has 1 unspecified atom stereocenters. The van der Waals surface area contributed by atoms with E-state index in [1.54, 1.807) is 56.5 Å². The second kappa shape index (κ2) is 9.93. The zero-order valence-corrected chi connectivity index (χ0v) is 21.7. The van der Waals surface area contributed by atoms with Gasteiger partial charge in [0.2, 0.25) is 0 Å². The van der Waals surface area contributed by atoms with Crippen LogP contribution in [0.2, 0.25) is 0 Å². The van der Waals surface area contributed by atoms with Crippen LogP contribution in [0.1, 0.15) is 46.3 Å². The topological polar surface area (TPSA) is 93.1 Å². The molecule has 190 valence electrons. The summed E-state index contributed by atoms with van der Waals surface area (Å²) < 4.78 is 10.5. The van der Waals surface area contributed by atoms with Crippen molar-refractivity contribution in [2.45, 2.75) is 40.7 Å². The maximum Gasteiger partial charge on any atom is 0.308 e. The van der Waals surface area contributed by atoms with Crippen molar-refractivity contribution in [3.63, 3.8) is 0 Å². The number of benzene rings is 3. The minimum Gasteiger partial charge on any atom is -0.507 e. The van der Waals surface area contributed by atoms with Gasteiger partial charge >= 0.3 is 5.97 Å². The van der Waals surface area contributed by atoms with Gasteiger partial charge in [-0.05, 0) is 91.9 Å². The molecule has 4 rings (SSSR count). The second-order valence-electron chi connectivity index (χ2n) is 9.24. The quantitative estimate of drug-likeness (QED) is 0.164. The lowest BCUT2D eigenvalue weighted by Crippen LogP contribution is -2.29. The van der Waals surface area contributed by atoms with E-state index in [0.29, 0.717) is 33.9 Å². The van der Waals surface area contributed by atoms with Crippen LogP contribution in [0.3, 0.4) is 0 Å². The summed E-state index contributed by atoms with van der Waals surface area (Å²) >= 11 is 0. The molecular weight excluding hydrogens is 470 g/mol. The SMILES string of the molecule is COc1cc(C)c(/C(O)=C2\C(=O)C(=O)N(c3ccc(C)c(C)c3)C2c2ccc(OC(C)=O)cc2)cc1C. The number of esters is 1. The van der Waals surface area contributed by atoms with Gasteiger partial charge in [-0.2, -0.15) is 0 Å². The summed E-state index contributed by atoms with van der Waals surface area (Å²) in [6, 6.07) is 14.7. The number of carbonyl (C=O) groups excluding carboxylic acids is 3. The van der Waals surface area contributed by atoms with Crippen LogP contribution in [-0.2, 0) is 14.4 Å². The van der Waals surface area contributed by atoms with Crippen LogP contribution in [0.5, 0.6) is 11.5 Å². The number of anilines is 1. The molecule has 0 aliphatic carbocycles. The number of Topliss-reactive ketones (excluding diaryl/α,β-unsaturated/α-hetero) is 1. The van der Waals surface area contributed by atoms with E-state index in [2.05, 4.69) is 0 Å². The van der Waals surface area contributed by atoms with Gasteiger partial charge in [-0.1, -0.05) is 18.2 Å². The number of amides is 1. The van der Waals surface area contributed by atoms with Crippen LogP contribution in [0.25, 0.3) is 5.76 Å². The average Bonchev–Trinajstić information content (AvgIpc) is 3.12. The van der Waals surface area contributed by atoms with Crippen LogP contribution in [0.4, 0.5) is 5.69 Å². The molecule has 1 amide bonds. The number of methoxy groups -OCH3 is 1. The lowest BCUT2D eigenvalue weighted by atomic mass is 9.93. The van der Waals surface area contributed by atoms with Gasteiger partial charge in [0.05, 0.1) is 18.7 Å². The maximum absolute atomic E-state index is 13.5. The van der Waals surface area contributed by atoms with Crippen molar-refractivity contribution in [1.82, 2.24) is 0 Å². The Bertz CT molecular complexity index is 1450. The van der Waals surface area contributed by atoms with Crippen LogP contribution < -0.4 is 14.4 Å². The molecule has 0 aromatic heterocycles. The largest absolute Gasteiger partial charge is 0.507 e. The monoisotopic (exact) mass is 499 g/mol. The molecule has 37 heavy (non-hydrogen) atoms. The van der Waals surface area contributed by atoms with Gasteiger partial charge < -0.3 is 14.6 Å². The van der Waals surface area contributed by atoms with E-state index < -0.39 is 23.7 Å². The molecule has 7 nitrogen and oxygen atoms in total. The first kappa shape index (κ1) is 25.7. The molecular formula is C30H29NO6. The third-order valence-electron chi connectivity index (χ3n) is 6.67. The number of hydrogen-bond acceptors (Lipinski definition) is 6. The minimum atomic E-state index is -0.893. The number of aryl methyl sites for hydroxylation is 4. The normalized spacial score (nSPS) is 16.7. The van der Waals surface area contributed by atoms with Gasteiger partial charge in [0, 0.05) is 18.2 Å². The summed E-state index contributed by atoms with van der Waals surface area (Å²) in [5.41, 5.74) is 5.03. The van der Waals surface area contributed by atoms with Crippen molar-refractivity contribution in [2.75, 3.05) is 12.0 Å². The maximum atomic E-state index is 13.5. The molecule has 3 aromatic carbocycles. The first-order valence-corrected chi connectivity index (χ1v) is 11.9. The first-order valence-electron chi connectivity index (χ1n) is 11.9. The van der Waals surface area contributed by atoms with E-state index in [-0.39, 0.29) is 11.3 Å². The highest BCUT2D eigenvalue weighted by Gasteiger charge is 2.47. The molecule has 0 radical (unpaired) electrons. The third-order valence-corrected chi connectivity index (χ3v) is 6.67. The number of carbonyl (C=O) groups is 3. The Morgan fingerprint density at radius 3 is 2.14 bits per heavy atom. The minimum absolute atomic E-state index is 0.0175. The van der Waals surface area contributed by atoms with Gasteiger partial charge in [-0.15, -0.1) is 0 Å². The summed E-state index contributed by atoms with van der Waals surface area (Å²) in [6.07, 6.45) is 0. The molecule has 1 aliphatic rings. The molecule has 1 heterocycles. The number of ketones is 1. The number of rotatable bonds is 5. The summed E-state index contributed by atoms with van der Waals surface area (Å²) in [6.45, 7) is 8.85. The van der Waals surface area contributed by atoms with Gasteiger partial charge in [-0.3, -0.25) is 19.3 Å². The smallest absolute Gasteiger partial charge is 0.308 e. The Hall–Kier alpha value is -4.39. The molecule has 1 N–H and O–H groups in total. The molecule has 7 heteroatoms. The van der Waals surface area contributed by atoms with Crippen LogP contribution >= 0.6 is 0 Å². The van der Waals surface area contributed by atoms with Crippen molar-refractivity contribution in [3.05, 3.63) is 93.6 Å². The summed E-state index contributed by atoms with van der Waals surface area (Å²) in [4.78, 5) is 39.7. The molecule has 3 aromatic rings. The molecule has 1 aliphatic heterocycles. The van der Waals surface area contributed by atoms with E-state index in [1.165, 1.54) is 11.8 Å². The Balaban J connectivity index is 1.95. The standard InChI is InChI=1S/C30H29NO6/c1-16-7-10-22(13-17(16)2)31-27(21-8-11-23(12-9-21)37-20(5)32)26(29(34)30(31)35)28(33)24-14-19(4)25(36-6)15-18(24)3/h7-15,27,33H,1-6H3/b28-26+. The summed E-state index contributed by atoms with van der Waals surface area (Å²) in [5.74, 6) is -1.25. The molecule has 1 fully saturated rings. The third kappa shape index (κ3) is 4.72. The predicted octanol–water partition coefficient (Wildman–Crippen LogP) is 5.48. The van der Waals surface area contributed by atoms with Gasteiger partial charge in [-0.25, -0.2) is 0 Å². The van der Waals surface area contributed by atoms with Crippen molar-refractivity contribution in [3.8, 4) is 11.5 Å². The highest BCUT2D eigenvalue weighted by atomic mass is 16.5. The molecule has 0 spiro atoms. The van der Waals surface area contributed by atoms with Gasteiger partial charge in [0.1, 0.15) is 17.3 Å². The number of aliphatic hydroxyl groups is 1. The van der Waals surface area contributed by atoms with E-state index in [9.17, 15) is 19.5 Å². The van der Waals surface area contributed by atoms with Gasteiger partial charge in [0.25, 0.3) is 11.7 Å². The predicted molar refractivity (Wildman–Crippen MR) is 141 cm³/mol. The van der Waals surface area contributed by atoms with E-state index in [1.807, 2.05) is 32.9 Å².